The maximum absolute atomic E-state index is 12.4. The Balaban J connectivity index is 2.38. The van der Waals surface area contributed by atoms with E-state index >= 15 is 0 Å². The van der Waals surface area contributed by atoms with Gasteiger partial charge in [-0.05, 0) is 11.6 Å². The first-order valence-corrected chi connectivity index (χ1v) is 8.94. The Hall–Kier alpha value is -2.74. The van der Waals surface area contributed by atoms with Gasteiger partial charge in [-0.3, -0.25) is 4.72 Å². The number of esters is 1. The highest BCUT2D eigenvalue weighted by Gasteiger charge is 2.21. The Morgan fingerprint density at radius 1 is 1.00 bits per heavy atom. The summed E-state index contributed by atoms with van der Waals surface area (Å²) in [6.07, 6.45) is 0. The van der Waals surface area contributed by atoms with Crippen LogP contribution in [-0.4, -0.2) is 35.7 Å². The van der Waals surface area contributed by atoms with Crippen molar-refractivity contribution >= 4 is 21.7 Å². The van der Waals surface area contributed by atoms with Gasteiger partial charge in [0.25, 0.3) is 0 Å². The number of sulfonamides is 1. The minimum absolute atomic E-state index is 0.0863. The van der Waals surface area contributed by atoms with Crippen molar-refractivity contribution in [2.24, 2.45) is 0 Å². The Bertz CT molecular complexity index is 849. The van der Waals surface area contributed by atoms with Crippen LogP contribution >= 0.6 is 0 Å². The molecule has 0 aromatic heterocycles. The number of nitrogens with one attached hydrogen (secondary N) is 1. The number of anilines is 1. The second-order valence-corrected chi connectivity index (χ2v) is 6.81. The van der Waals surface area contributed by atoms with E-state index in [9.17, 15) is 13.2 Å². The third-order valence-corrected chi connectivity index (χ3v) is 4.64. The lowest BCUT2D eigenvalue weighted by Crippen LogP contribution is -2.16. The van der Waals surface area contributed by atoms with Crippen LogP contribution in [0.3, 0.4) is 0 Å². The third-order valence-electron chi connectivity index (χ3n) is 3.39. The first kappa shape index (κ1) is 18.6. The van der Waals surface area contributed by atoms with E-state index in [0.29, 0.717) is 5.56 Å². The summed E-state index contributed by atoms with van der Waals surface area (Å²) in [5, 5.41) is 0. The molecule has 0 heterocycles. The lowest BCUT2D eigenvalue weighted by atomic mass is 10.1. The molecule has 0 aliphatic carbocycles. The number of carbonyl (C=O) groups is 1. The molecule has 0 radical (unpaired) electrons. The highest BCUT2D eigenvalue weighted by atomic mass is 32.2. The van der Waals surface area contributed by atoms with Crippen molar-refractivity contribution in [1.82, 2.24) is 0 Å². The molecule has 7 nitrogen and oxygen atoms in total. The molecule has 0 atom stereocenters. The van der Waals surface area contributed by atoms with E-state index in [1.54, 1.807) is 30.3 Å². The van der Waals surface area contributed by atoms with Crippen molar-refractivity contribution in [2.45, 2.75) is 5.75 Å². The summed E-state index contributed by atoms with van der Waals surface area (Å²) >= 11 is 0. The van der Waals surface area contributed by atoms with E-state index in [2.05, 4.69) is 4.72 Å². The summed E-state index contributed by atoms with van der Waals surface area (Å²) in [7, 11) is 0.295. The molecule has 2 rings (SSSR count). The van der Waals surface area contributed by atoms with E-state index < -0.39 is 16.0 Å². The van der Waals surface area contributed by atoms with Crippen LogP contribution < -0.4 is 14.2 Å². The molecule has 0 saturated heterocycles. The number of hydrogen-bond donors (Lipinski definition) is 1. The molecule has 0 aliphatic rings. The van der Waals surface area contributed by atoms with E-state index in [1.165, 1.54) is 33.5 Å². The normalized spacial score (nSPS) is 10.8. The van der Waals surface area contributed by atoms with Crippen LogP contribution in [0, 0.1) is 0 Å². The lowest BCUT2D eigenvalue weighted by Gasteiger charge is -2.15. The van der Waals surface area contributed by atoms with Crippen molar-refractivity contribution in [1.29, 1.82) is 0 Å². The van der Waals surface area contributed by atoms with Gasteiger partial charge in [-0.15, -0.1) is 0 Å². The first-order chi connectivity index (χ1) is 11.9. The summed E-state index contributed by atoms with van der Waals surface area (Å²) in [5.41, 5.74) is 0.846. The van der Waals surface area contributed by atoms with Gasteiger partial charge in [-0.1, -0.05) is 30.3 Å². The summed E-state index contributed by atoms with van der Waals surface area (Å²) in [6, 6.07) is 11.5. The van der Waals surface area contributed by atoms with Crippen LogP contribution in [0.25, 0.3) is 0 Å². The highest BCUT2D eigenvalue weighted by molar-refractivity contribution is 7.91. The number of methoxy groups -OCH3 is 3. The Morgan fingerprint density at radius 3 is 2.20 bits per heavy atom. The number of ether oxygens (including phenoxy) is 3. The Labute approximate surface area is 146 Å². The lowest BCUT2D eigenvalue weighted by molar-refractivity contribution is 0.0597. The van der Waals surface area contributed by atoms with Crippen molar-refractivity contribution in [3.05, 3.63) is 53.6 Å². The average molecular weight is 365 g/mol. The second kappa shape index (κ2) is 7.89. The second-order valence-electron chi connectivity index (χ2n) is 5.09. The van der Waals surface area contributed by atoms with Crippen molar-refractivity contribution in [3.8, 4) is 11.5 Å². The average Bonchev–Trinajstić information content (AvgIpc) is 2.60. The molecule has 0 unspecified atom stereocenters. The maximum atomic E-state index is 12.4. The zero-order valence-electron chi connectivity index (χ0n) is 14.1. The molecule has 2 aromatic rings. The van der Waals surface area contributed by atoms with E-state index in [0.717, 1.165) is 0 Å². The monoisotopic (exact) mass is 365 g/mol. The predicted octanol–water partition coefficient (Wildman–Crippen LogP) is 2.43. The largest absolute Gasteiger partial charge is 0.496 e. The van der Waals surface area contributed by atoms with Gasteiger partial charge in [0.05, 0.1) is 32.8 Å². The molecule has 0 aliphatic heterocycles. The summed E-state index contributed by atoms with van der Waals surface area (Å²) < 4.78 is 42.3. The molecule has 0 spiro atoms. The number of rotatable bonds is 7. The minimum Gasteiger partial charge on any atom is -0.496 e. The molecule has 0 bridgehead atoms. The maximum Gasteiger partial charge on any atom is 0.341 e. The molecule has 0 saturated carbocycles. The molecule has 134 valence electrons. The van der Waals surface area contributed by atoms with Crippen molar-refractivity contribution < 1.29 is 27.4 Å². The van der Waals surface area contributed by atoms with Gasteiger partial charge in [-0.25, -0.2) is 13.2 Å². The predicted molar refractivity (Wildman–Crippen MR) is 93.6 cm³/mol. The fourth-order valence-electron chi connectivity index (χ4n) is 2.25. The topological polar surface area (TPSA) is 90.9 Å². The number of carbonyl (C=O) groups excluding carboxylic acids is 1. The molecule has 25 heavy (non-hydrogen) atoms. The van der Waals surface area contributed by atoms with Gasteiger partial charge in [0, 0.05) is 6.07 Å². The van der Waals surface area contributed by atoms with Crippen LogP contribution in [0.5, 0.6) is 11.5 Å². The molecule has 1 N–H and O–H groups in total. The number of hydrogen-bond acceptors (Lipinski definition) is 6. The number of benzene rings is 2. The Kier molecular flexibility index (Phi) is 5.87. The molecule has 2 aromatic carbocycles. The standard InChI is InChI=1S/C17H19NO6S/c1-22-15-10-16(23-2)14(9-13(15)17(19)24-3)18-25(20,21)11-12-7-5-4-6-8-12/h4-10,18H,11H2,1-3H3. The van der Waals surface area contributed by atoms with Crippen LogP contribution in [0.15, 0.2) is 42.5 Å². The third kappa shape index (κ3) is 4.63. The fraction of sp³-hybridized carbons (Fsp3) is 0.235. The van der Waals surface area contributed by atoms with Crippen molar-refractivity contribution in [2.75, 3.05) is 26.1 Å². The molecular weight excluding hydrogens is 346 g/mol. The van der Waals surface area contributed by atoms with Gasteiger partial charge in [0.15, 0.2) is 0 Å². The quantitative estimate of drug-likeness (QED) is 0.758. The highest BCUT2D eigenvalue weighted by Crippen LogP contribution is 2.34. The van der Waals surface area contributed by atoms with E-state index in [4.69, 9.17) is 14.2 Å². The van der Waals surface area contributed by atoms with Gasteiger partial charge >= 0.3 is 5.97 Å². The van der Waals surface area contributed by atoms with E-state index in [-0.39, 0.29) is 28.5 Å². The van der Waals surface area contributed by atoms with Crippen molar-refractivity contribution in [3.63, 3.8) is 0 Å². The van der Waals surface area contributed by atoms with Gasteiger partial charge < -0.3 is 14.2 Å². The van der Waals surface area contributed by atoms with Gasteiger partial charge in [0.1, 0.15) is 17.1 Å². The SMILES string of the molecule is COC(=O)c1cc(NS(=O)(=O)Cc2ccccc2)c(OC)cc1OC. The molecule has 0 amide bonds. The first-order valence-electron chi connectivity index (χ1n) is 7.29. The Morgan fingerprint density at radius 2 is 1.64 bits per heavy atom. The zero-order chi connectivity index (χ0) is 18.4. The van der Waals surface area contributed by atoms with Crippen LogP contribution in [0.4, 0.5) is 5.69 Å². The van der Waals surface area contributed by atoms with Crippen LogP contribution in [0.2, 0.25) is 0 Å². The van der Waals surface area contributed by atoms with Gasteiger partial charge in [-0.2, -0.15) is 0 Å². The zero-order valence-corrected chi connectivity index (χ0v) is 14.9. The smallest absolute Gasteiger partial charge is 0.341 e. The van der Waals surface area contributed by atoms with Gasteiger partial charge in [0.2, 0.25) is 10.0 Å². The molecule has 8 heteroatoms. The summed E-state index contributed by atoms with van der Waals surface area (Å²) in [6.45, 7) is 0. The molecule has 0 fully saturated rings. The van der Waals surface area contributed by atoms with Crippen LogP contribution in [-0.2, 0) is 20.5 Å². The fourth-order valence-corrected chi connectivity index (χ4v) is 3.44. The van der Waals surface area contributed by atoms with E-state index in [1.807, 2.05) is 0 Å². The minimum atomic E-state index is -3.71. The molecular formula is C17H19NO6S. The van der Waals surface area contributed by atoms with Crippen LogP contribution in [0.1, 0.15) is 15.9 Å². The summed E-state index contributed by atoms with van der Waals surface area (Å²) in [4.78, 5) is 11.9. The summed E-state index contributed by atoms with van der Waals surface area (Å²) in [5.74, 6) is -0.421.